The molecule has 0 aliphatic carbocycles. The minimum Gasteiger partial charge on any atom is -0.464 e. The Kier molecular flexibility index (Phi) is 4.66. The molecule has 0 saturated carbocycles. The third-order valence-corrected chi connectivity index (χ3v) is 4.04. The molecule has 1 aromatic heterocycles. The molecule has 2 N–H and O–H groups in total. The van der Waals surface area contributed by atoms with Gasteiger partial charge in [0, 0.05) is 12.5 Å². The number of nitrogens with one attached hydrogen (secondary N) is 1. The highest BCUT2D eigenvalue weighted by Gasteiger charge is 2.20. The lowest BCUT2D eigenvalue weighted by Crippen LogP contribution is -2.52. The van der Waals surface area contributed by atoms with Gasteiger partial charge in [0.25, 0.3) is 0 Å². The van der Waals surface area contributed by atoms with Crippen LogP contribution in [-0.2, 0) is 6.54 Å². The number of H-pyrrole nitrogens is 1. The van der Waals surface area contributed by atoms with E-state index in [9.17, 15) is 19.2 Å². The van der Waals surface area contributed by atoms with E-state index in [0.717, 1.165) is 15.7 Å². The van der Waals surface area contributed by atoms with E-state index in [1.807, 2.05) is 65.6 Å². The zero-order valence-electron chi connectivity index (χ0n) is 13.5. The predicted octanol–water partition coefficient (Wildman–Crippen LogP) is 1.06. The standard InChI is InChI=1S/C18H15N3O5/c22-15-19-16(23)21(18(25)26)17(24)20(15)11-14(12-7-3-1-4-8-12)13-9-5-2-6-10-13/h1-10,14H,11H2,(H,25,26)(H,19,22,23). The van der Waals surface area contributed by atoms with E-state index < -0.39 is 23.2 Å². The first-order valence-electron chi connectivity index (χ1n) is 7.78. The van der Waals surface area contributed by atoms with Crippen molar-refractivity contribution in [1.29, 1.82) is 0 Å². The Morgan fingerprint density at radius 1 is 0.885 bits per heavy atom. The van der Waals surface area contributed by atoms with E-state index in [2.05, 4.69) is 0 Å². The molecular weight excluding hydrogens is 338 g/mol. The van der Waals surface area contributed by atoms with Crippen LogP contribution < -0.4 is 17.1 Å². The Morgan fingerprint density at radius 3 is 1.85 bits per heavy atom. The second-order valence-electron chi connectivity index (χ2n) is 5.62. The lowest BCUT2D eigenvalue weighted by molar-refractivity contribution is 0.192. The van der Waals surface area contributed by atoms with Crippen LogP contribution in [-0.4, -0.2) is 25.3 Å². The Balaban J connectivity index is 2.16. The number of benzene rings is 2. The van der Waals surface area contributed by atoms with Gasteiger partial charge < -0.3 is 5.11 Å². The van der Waals surface area contributed by atoms with Gasteiger partial charge in [-0.05, 0) is 11.1 Å². The van der Waals surface area contributed by atoms with Gasteiger partial charge in [0.05, 0.1) is 0 Å². The van der Waals surface area contributed by atoms with Crippen molar-refractivity contribution in [2.45, 2.75) is 12.5 Å². The van der Waals surface area contributed by atoms with Crippen molar-refractivity contribution in [3.05, 3.63) is 103 Å². The van der Waals surface area contributed by atoms with Gasteiger partial charge in [0.2, 0.25) is 0 Å². The van der Waals surface area contributed by atoms with E-state index in [1.54, 1.807) is 0 Å². The van der Waals surface area contributed by atoms with Crippen LogP contribution in [0.4, 0.5) is 4.79 Å². The van der Waals surface area contributed by atoms with Crippen LogP contribution in [0.25, 0.3) is 0 Å². The first-order chi connectivity index (χ1) is 12.5. The van der Waals surface area contributed by atoms with Gasteiger partial charge in [0.1, 0.15) is 0 Å². The molecule has 26 heavy (non-hydrogen) atoms. The largest absolute Gasteiger partial charge is 0.464 e. The zero-order valence-corrected chi connectivity index (χ0v) is 13.5. The zero-order chi connectivity index (χ0) is 18.7. The molecule has 0 spiro atoms. The normalized spacial score (nSPS) is 10.8. The van der Waals surface area contributed by atoms with Crippen LogP contribution in [0.1, 0.15) is 17.0 Å². The van der Waals surface area contributed by atoms with Crippen LogP contribution in [0.15, 0.2) is 75.0 Å². The molecule has 3 rings (SSSR count). The SMILES string of the molecule is O=C(O)n1c(=O)[nH]c(=O)n(CC(c2ccccc2)c2ccccc2)c1=O. The van der Waals surface area contributed by atoms with Gasteiger partial charge >= 0.3 is 23.2 Å². The third-order valence-electron chi connectivity index (χ3n) is 4.04. The van der Waals surface area contributed by atoms with E-state index in [-0.39, 0.29) is 17.0 Å². The summed E-state index contributed by atoms with van der Waals surface area (Å²) in [6.07, 6.45) is -1.75. The number of aromatic amines is 1. The molecular formula is C18H15N3O5. The fourth-order valence-electron chi connectivity index (χ4n) is 2.80. The maximum absolute atomic E-state index is 12.4. The highest BCUT2D eigenvalue weighted by molar-refractivity contribution is 5.66. The number of nitrogens with zero attached hydrogens (tertiary/aromatic N) is 2. The Bertz CT molecular complexity index is 1060. The lowest BCUT2D eigenvalue weighted by Gasteiger charge is -2.19. The molecule has 3 aromatic rings. The molecule has 8 heteroatoms. The first-order valence-corrected chi connectivity index (χ1v) is 7.78. The summed E-state index contributed by atoms with van der Waals surface area (Å²) in [7, 11) is 0. The van der Waals surface area contributed by atoms with Crippen LogP contribution in [0, 0.1) is 0 Å². The molecule has 8 nitrogen and oxygen atoms in total. The minimum atomic E-state index is -1.75. The molecule has 2 aromatic carbocycles. The van der Waals surface area contributed by atoms with Gasteiger partial charge in [0.15, 0.2) is 0 Å². The molecule has 0 bridgehead atoms. The summed E-state index contributed by atoms with van der Waals surface area (Å²) < 4.78 is 0.703. The van der Waals surface area contributed by atoms with Gasteiger partial charge in [-0.15, -0.1) is 4.57 Å². The van der Waals surface area contributed by atoms with Gasteiger partial charge in [-0.25, -0.2) is 23.7 Å². The van der Waals surface area contributed by atoms with E-state index in [0.29, 0.717) is 0 Å². The summed E-state index contributed by atoms with van der Waals surface area (Å²) in [6.45, 7) is -0.115. The van der Waals surface area contributed by atoms with Crippen molar-refractivity contribution in [2.24, 2.45) is 0 Å². The molecule has 1 heterocycles. The summed E-state index contributed by atoms with van der Waals surface area (Å²) in [4.78, 5) is 49.1. The smallest absolute Gasteiger partial charge is 0.424 e. The van der Waals surface area contributed by atoms with Gasteiger partial charge in [-0.2, -0.15) is 0 Å². The second kappa shape index (κ2) is 7.06. The summed E-state index contributed by atoms with van der Waals surface area (Å²) in [6, 6.07) is 18.4. The number of aromatic nitrogens is 3. The topological polar surface area (TPSA) is 114 Å². The molecule has 0 saturated heterocycles. The molecule has 132 valence electrons. The van der Waals surface area contributed by atoms with E-state index in [1.165, 1.54) is 0 Å². The molecule has 0 aliphatic heterocycles. The van der Waals surface area contributed by atoms with Crippen LogP contribution in [0.5, 0.6) is 0 Å². The number of hydrogen-bond acceptors (Lipinski definition) is 4. The third kappa shape index (κ3) is 3.25. The average Bonchev–Trinajstić information content (AvgIpc) is 2.62. The van der Waals surface area contributed by atoms with Crippen molar-refractivity contribution < 1.29 is 9.90 Å². The van der Waals surface area contributed by atoms with Crippen molar-refractivity contribution >= 4 is 6.09 Å². The number of hydrogen-bond donors (Lipinski definition) is 2. The molecule has 0 radical (unpaired) electrons. The maximum atomic E-state index is 12.4. The van der Waals surface area contributed by atoms with Crippen LogP contribution in [0.2, 0.25) is 0 Å². The fourth-order valence-corrected chi connectivity index (χ4v) is 2.80. The van der Waals surface area contributed by atoms with Crippen molar-refractivity contribution in [1.82, 2.24) is 14.1 Å². The fraction of sp³-hybridized carbons (Fsp3) is 0.111. The van der Waals surface area contributed by atoms with E-state index in [4.69, 9.17) is 5.11 Å². The van der Waals surface area contributed by atoms with Crippen LogP contribution >= 0.6 is 0 Å². The van der Waals surface area contributed by atoms with Crippen molar-refractivity contribution in [3.8, 4) is 0 Å². The lowest BCUT2D eigenvalue weighted by atomic mass is 9.91. The van der Waals surface area contributed by atoms with Crippen molar-refractivity contribution in [3.63, 3.8) is 0 Å². The number of carboxylic acid groups (broad SMARTS) is 1. The van der Waals surface area contributed by atoms with Crippen molar-refractivity contribution in [2.75, 3.05) is 0 Å². The molecule has 0 fully saturated rings. The quantitative estimate of drug-likeness (QED) is 0.728. The number of carbonyl (C=O) groups is 1. The number of rotatable bonds is 4. The first kappa shape index (κ1) is 17.2. The molecule has 0 aliphatic rings. The Morgan fingerprint density at radius 2 is 1.38 bits per heavy atom. The summed E-state index contributed by atoms with van der Waals surface area (Å²) in [5, 5.41) is 9.06. The summed E-state index contributed by atoms with van der Waals surface area (Å²) in [5.41, 5.74) is -1.73. The highest BCUT2D eigenvalue weighted by atomic mass is 16.4. The molecule has 0 amide bonds. The van der Waals surface area contributed by atoms with Gasteiger partial charge in [-0.3, -0.25) is 4.98 Å². The highest BCUT2D eigenvalue weighted by Crippen LogP contribution is 2.25. The van der Waals surface area contributed by atoms with Crippen LogP contribution in [0.3, 0.4) is 0 Å². The molecule has 0 unspecified atom stereocenters. The van der Waals surface area contributed by atoms with E-state index >= 15 is 0 Å². The monoisotopic (exact) mass is 353 g/mol. The molecule has 0 atom stereocenters. The Labute approximate surface area is 146 Å². The predicted molar refractivity (Wildman–Crippen MR) is 93.7 cm³/mol. The minimum absolute atomic E-state index is 0.0194. The van der Waals surface area contributed by atoms with Gasteiger partial charge in [-0.1, -0.05) is 60.7 Å². The second-order valence-corrected chi connectivity index (χ2v) is 5.62. The summed E-state index contributed by atoms with van der Waals surface area (Å²) >= 11 is 0. The Hall–Kier alpha value is -3.68. The maximum Gasteiger partial charge on any atom is 0.424 e. The summed E-state index contributed by atoms with van der Waals surface area (Å²) in [5.74, 6) is -0.379. The average molecular weight is 353 g/mol.